The molecule has 0 saturated carbocycles. The van der Waals surface area contributed by atoms with Gasteiger partial charge in [0.1, 0.15) is 5.82 Å². The van der Waals surface area contributed by atoms with Crippen LogP contribution in [-0.2, 0) is 9.84 Å². The van der Waals surface area contributed by atoms with Crippen LogP contribution in [0.25, 0.3) is 0 Å². The molecule has 23 heavy (non-hydrogen) atoms. The molecule has 2 aliphatic rings. The van der Waals surface area contributed by atoms with Gasteiger partial charge in [-0.05, 0) is 26.5 Å². The minimum absolute atomic E-state index is 0.0280. The van der Waals surface area contributed by atoms with Gasteiger partial charge in [-0.15, -0.1) is 0 Å². The predicted molar refractivity (Wildman–Crippen MR) is 91.8 cm³/mol. The van der Waals surface area contributed by atoms with E-state index in [1.807, 2.05) is 13.0 Å². The molecule has 8 heteroatoms. The van der Waals surface area contributed by atoms with E-state index in [0.29, 0.717) is 6.42 Å². The maximum atomic E-state index is 11.8. The van der Waals surface area contributed by atoms with E-state index >= 15 is 0 Å². The number of anilines is 2. The van der Waals surface area contributed by atoms with Gasteiger partial charge in [-0.3, -0.25) is 0 Å². The smallest absolute Gasteiger partial charge is 0.227 e. The van der Waals surface area contributed by atoms with Crippen molar-refractivity contribution in [2.75, 3.05) is 61.1 Å². The molecule has 0 aromatic carbocycles. The Hall–Kier alpha value is -1.41. The Morgan fingerprint density at radius 1 is 1.30 bits per heavy atom. The van der Waals surface area contributed by atoms with E-state index in [1.165, 1.54) is 0 Å². The third kappa shape index (κ3) is 3.74. The minimum atomic E-state index is -2.90. The van der Waals surface area contributed by atoms with Crippen molar-refractivity contribution in [1.29, 1.82) is 0 Å². The molecule has 1 aromatic rings. The summed E-state index contributed by atoms with van der Waals surface area (Å²) in [6, 6.07) is 1.91. The van der Waals surface area contributed by atoms with Crippen LogP contribution in [-0.4, -0.2) is 80.6 Å². The Kier molecular flexibility index (Phi) is 4.72. The third-order valence-electron chi connectivity index (χ3n) is 4.70. The van der Waals surface area contributed by atoms with E-state index in [0.717, 1.165) is 44.5 Å². The Bertz CT molecular complexity index is 643. The lowest BCUT2D eigenvalue weighted by atomic mass is 10.2. The van der Waals surface area contributed by atoms with E-state index in [-0.39, 0.29) is 17.5 Å². The summed E-state index contributed by atoms with van der Waals surface area (Å²) in [6.45, 7) is 6.65. The maximum absolute atomic E-state index is 11.8. The fourth-order valence-electron chi connectivity index (χ4n) is 3.29. The Labute approximate surface area is 138 Å². The highest BCUT2D eigenvalue weighted by molar-refractivity contribution is 7.91. The number of hydrogen-bond acceptors (Lipinski definition) is 7. The monoisotopic (exact) mass is 339 g/mol. The Morgan fingerprint density at radius 2 is 2.04 bits per heavy atom. The van der Waals surface area contributed by atoms with Crippen LogP contribution in [0.2, 0.25) is 0 Å². The highest BCUT2D eigenvalue weighted by atomic mass is 32.2. The number of sulfone groups is 1. The van der Waals surface area contributed by atoms with Gasteiger partial charge in [0.15, 0.2) is 9.84 Å². The van der Waals surface area contributed by atoms with Gasteiger partial charge in [0.05, 0.1) is 11.5 Å². The molecule has 1 aromatic heterocycles. The van der Waals surface area contributed by atoms with Gasteiger partial charge in [-0.2, -0.15) is 4.98 Å². The zero-order chi connectivity index (χ0) is 16.4. The summed E-state index contributed by atoms with van der Waals surface area (Å²) in [7, 11) is -0.777. The summed E-state index contributed by atoms with van der Waals surface area (Å²) >= 11 is 0. The molecule has 2 saturated heterocycles. The fourth-order valence-corrected chi connectivity index (χ4v) is 5.02. The van der Waals surface area contributed by atoms with Crippen molar-refractivity contribution in [3.8, 4) is 0 Å². The maximum Gasteiger partial charge on any atom is 0.227 e. The first-order valence-corrected chi connectivity index (χ1v) is 10.0. The molecule has 1 atom stereocenters. The molecular formula is C15H25N5O2S. The van der Waals surface area contributed by atoms with E-state index in [9.17, 15) is 8.42 Å². The molecule has 1 unspecified atom stereocenters. The van der Waals surface area contributed by atoms with Crippen molar-refractivity contribution < 1.29 is 8.42 Å². The molecule has 0 aliphatic carbocycles. The topological polar surface area (TPSA) is 69.6 Å². The first-order chi connectivity index (χ1) is 11.0. The highest BCUT2D eigenvalue weighted by Crippen LogP contribution is 2.24. The van der Waals surface area contributed by atoms with E-state index in [4.69, 9.17) is 4.98 Å². The average molecular weight is 339 g/mol. The second-order valence-electron chi connectivity index (χ2n) is 6.35. The van der Waals surface area contributed by atoms with Crippen LogP contribution >= 0.6 is 0 Å². The Morgan fingerprint density at radius 3 is 2.65 bits per heavy atom. The van der Waals surface area contributed by atoms with Crippen molar-refractivity contribution in [2.45, 2.75) is 19.4 Å². The molecule has 128 valence electrons. The molecule has 0 N–H and O–H groups in total. The number of nitrogens with zero attached hydrogens (tertiary/aromatic N) is 5. The van der Waals surface area contributed by atoms with Gasteiger partial charge < -0.3 is 14.7 Å². The molecule has 2 aliphatic heterocycles. The van der Waals surface area contributed by atoms with Crippen LogP contribution < -0.4 is 9.80 Å². The largest absolute Gasteiger partial charge is 0.353 e. The summed E-state index contributed by atoms with van der Waals surface area (Å²) in [5.74, 6) is 2.09. The van der Waals surface area contributed by atoms with Crippen molar-refractivity contribution in [2.24, 2.45) is 0 Å². The van der Waals surface area contributed by atoms with Crippen LogP contribution in [0.15, 0.2) is 12.3 Å². The molecular weight excluding hydrogens is 314 g/mol. The van der Waals surface area contributed by atoms with Crippen molar-refractivity contribution in [1.82, 2.24) is 14.9 Å². The van der Waals surface area contributed by atoms with E-state index in [1.54, 1.807) is 6.20 Å². The lowest BCUT2D eigenvalue weighted by molar-refractivity contribution is 0.311. The first kappa shape index (κ1) is 16.4. The van der Waals surface area contributed by atoms with Gasteiger partial charge in [-0.1, -0.05) is 0 Å². The van der Waals surface area contributed by atoms with E-state index in [2.05, 4.69) is 26.7 Å². The number of likely N-dealkylation sites (N-methyl/N-ethyl adjacent to an activating group) is 1. The number of hydrogen-bond donors (Lipinski definition) is 0. The van der Waals surface area contributed by atoms with Gasteiger partial charge in [-0.25, -0.2) is 13.4 Å². The highest BCUT2D eigenvalue weighted by Gasteiger charge is 2.32. The molecule has 0 bridgehead atoms. The zero-order valence-corrected chi connectivity index (χ0v) is 14.7. The quantitative estimate of drug-likeness (QED) is 0.778. The van der Waals surface area contributed by atoms with Gasteiger partial charge in [0, 0.05) is 45.0 Å². The third-order valence-corrected chi connectivity index (χ3v) is 6.45. The molecule has 3 rings (SSSR count). The minimum Gasteiger partial charge on any atom is -0.353 e. The van der Waals surface area contributed by atoms with Gasteiger partial charge in [0.2, 0.25) is 5.95 Å². The fraction of sp³-hybridized carbons (Fsp3) is 0.733. The summed E-state index contributed by atoms with van der Waals surface area (Å²) in [4.78, 5) is 15.7. The van der Waals surface area contributed by atoms with Gasteiger partial charge in [0.25, 0.3) is 0 Å². The summed E-state index contributed by atoms with van der Waals surface area (Å²) in [5.41, 5.74) is 0. The molecule has 0 amide bonds. The molecule has 0 spiro atoms. The van der Waals surface area contributed by atoms with Gasteiger partial charge >= 0.3 is 0 Å². The van der Waals surface area contributed by atoms with Crippen LogP contribution in [0, 0.1) is 0 Å². The number of aromatic nitrogens is 2. The van der Waals surface area contributed by atoms with Crippen LogP contribution in [0.4, 0.5) is 11.8 Å². The Balaban J connectivity index is 1.78. The SMILES string of the molecule is CCN(c1ccnc(N2CCN(C)CC2)n1)C1CCS(=O)(=O)C1. The second-order valence-corrected chi connectivity index (χ2v) is 8.58. The van der Waals surface area contributed by atoms with Crippen LogP contribution in [0.3, 0.4) is 0 Å². The summed E-state index contributed by atoms with van der Waals surface area (Å²) < 4.78 is 23.5. The predicted octanol–water partition coefficient (Wildman–Crippen LogP) is 0.242. The number of rotatable bonds is 4. The van der Waals surface area contributed by atoms with Crippen molar-refractivity contribution in [3.63, 3.8) is 0 Å². The number of piperazine rings is 1. The van der Waals surface area contributed by atoms with Crippen LogP contribution in [0.5, 0.6) is 0 Å². The van der Waals surface area contributed by atoms with Crippen molar-refractivity contribution >= 4 is 21.6 Å². The lowest BCUT2D eigenvalue weighted by Crippen LogP contribution is -2.45. The summed E-state index contributed by atoms with van der Waals surface area (Å²) in [6.07, 6.45) is 2.46. The standard InChI is InChI=1S/C15H25N5O2S/c1-3-20(13-5-11-23(21,22)12-13)14-4-6-16-15(17-14)19-9-7-18(2)8-10-19/h4,6,13H,3,5,7-12H2,1-2H3. The molecule has 0 radical (unpaired) electrons. The second kappa shape index (κ2) is 6.60. The summed E-state index contributed by atoms with van der Waals surface area (Å²) in [5, 5.41) is 0. The molecule has 3 heterocycles. The molecule has 2 fully saturated rings. The van der Waals surface area contributed by atoms with E-state index < -0.39 is 9.84 Å². The zero-order valence-electron chi connectivity index (χ0n) is 13.8. The molecule has 7 nitrogen and oxygen atoms in total. The lowest BCUT2D eigenvalue weighted by Gasteiger charge is -2.33. The van der Waals surface area contributed by atoms with Crippen molar-refractivity contribution in [3.05, 3.63) is 12.3 Å². The average Bonchev–Trinajstić information content (AvgIpc) is 2.89. The van der Waals surface area contributed by atoms with Crippen LogP contribution in [0.1, 0.15) is 13.3 Å². The normalized spacial score (nSPS) is 24.8. The first-order valence-electron chi connectivity index (χ1n) is 8.22.